The molecule has 5 rings (SSSR count). The van der Waals surface area contributed by atoms with Crippen LogP contribution < -0.4 is 0 Å². The Kier molecular flexibility index (Phi) is 4.77. The highest BCUT2D eigenvalue weighted by atomic mass is 19.1. The quantitative estimate of drug-likeness (QED) is 0.709. The highest BCUT2D eigenvalue weighted by molar-refractivity contribution is 5.63. The molecule has 1 saturated heterocycles. The van der Waals surface area contributed by atoms with Gasteiger partial charge in [0.1, 0.15) is 5.82 Å². The van der Waals surface area contributed by atoms with Crippen LogP contribution in [-0.2, 0) is 9.47 Å². The summed E-state index contributed by atoms with van der Waals surface area (Å²) >= 11 is 0. The maximum absolute atomic E-state index is 13.5. The van der Waals surface area contributed by atoms with Gasteiger partial charge in [-0.25, -0.2) is 4.39 Å². The predicted octanol–water partition coefficient (Wildman–Crippen LogP) is 5.47. The first-order valence-corrected chi connectivity index (χ1v) is 10.4. The number of hydrogen-bond donors (Lipinski definition) is 0. The average Bonchev–Trinajstić information content (AvgIpc) is 3.31. The van der Waals surface area contributed by atoms with Crippen molar-refractivity contribution in [2.24, 2.45) is 17.8 Å². The van der Waals surface area contributed by atoms with E-state index in [0.29, 0.717) is 31.0 Å². The Bertz CT molecular complexity index is 857. The van der Waals surface area contributed by atoms with Gasteiger partial charge in [0.15, 0.2) is 5.79 Å². The lowest BCUT2D eigenvalue weighted by molar-refractivity contribution is -0.175. The summed E-state index contributed by atoms with van der Waals surface area (Å²) in [4.78, 5) is 4.57. The lowest BCUT2D eigenvalue weighted by atomic mass is 9.77. The fourth-order valence-corrected chi connectivity index (χ4v) is 5.41. The molecule has 1 aromatic carbocycles. The van der Waals surface area contributed by atoms with Crippen LogP contribution in [0, 0.1) is 23.6 Å². The van der Waals surface area contributed by atoms with Crippen LogP contribution in [0.15, 0.2) is 48.7 Å². The summed E-state index contributed by atoms with van der Waals surface area (Å²) < 4.78 is 25.8. The van der Waals surface area contributed by atoms with Gasteiger partial charge in [0.2, 0.25) is 0 Å². The number of benzene rings is 1. The molecule has 0 bridgehead atoms. The van der Waals surface area contributed by atoms with Gasteiger partial charge >= 0.3 is 0 Å². The summed E-state index contributed by atoms with van der Waals surface area (Å²) in [6, 6.07) is 10.6. The van der Waals surface area contributed by atoms with Gasteiger partial charge < -0.3 is 9.47 Å². The number of halogens is 1. The number of rotatable bonds is 3. The van der Waals surface area contributed by atoms with E-state index < -0.39 is 5.79 Å². The summed E-state index contributed by atoms with van der Waals surface area (Å²) in [5.74, 6) is 1.01. The van der Waals surface area contributed by atoms with E-state index in [-0.39, 0.29) is 5.82 Å². The van der Waals surface area contributed by atoms with Crippen molar-refractivity contribution in [1.82, 2.24) is 4.98 Å². The van der Waals surface area contributed by atoms with Crippen LogP contribution in [0.5, 0.6) is 0 Å². The number of aromatic nitrogens is 1. The van der Waals surface area contributed by atoms with Crippen LogP contribution in [0.2, 0.25) is 0 Å². The summed E-state index contributed by atoms with van der Waals surface area (Å²) in [7, 11) is 0. The minimum atomic E-state index is -0.419. The zero-order valence-corrected chi connectivity index (χ0v) is 16.0. The van der Waals surface area contributed by atoms with Gasteiger partial charge in [0.05, 0.1) is 18.9 Å². The molecule has 2 saturated carbocycles. The van der Waals surface area contributed by atoms with E-state index in [1.54, 1.807) is 6.07 Å². The SMILES string of the molecule is Fc1cccc(-c2ccc(/C=C/[C@H]3[C@H]4CCCC[C@H]4CC34OCCO4)nc2)c1. The molecule has 4 heteroatoms. The Labute approximate surface area is 165 Å². The van der Waals surface area contributed by atoms with E-state index in [0.717, 1.165) is 23.2 Å². The molecule has 2 aromatic rings. The van der Waals surface area contributed by atoms with E-state index >= 15 is 0 Å². The van der Waals surface area contributed by atoms with Crippen molar-refractivity contribution in [3.63, 3.8) is 0 Å². The molecular weight excluding hydrogens is 353 g/mol. The summed E-state index contributed by atoms with van der Waals surface area (Å²) in [5, 5.41) is 0. The fraction of sp³-hybridized carbons (Fsp3) is 0.458. The zero-order chi connectivity index (χ0) is 19.0. The van der Waals surface area contributed by atoms with Crippen molar-refractivity contribution < 1.29 is 13.9 Å². The highest BCUT2D eigenvalue weighted by Gasteiger charge is 2.56. The van der Waals surface area contributed by atoms with Gasteiger partial charge in [0, 0.05) is 24.1 Å². The second-order valence-electron chi connectivity index (χ2n) is 8.29. The Hall–Kier alpha value is -2.04. The molecule has 3 aliphatic rings. The number of fused-ring (bicyclic) bond motifs is 1. The number of ether oxygens (including phenoxy) is 2. The van der Waals surface area contributed by atoms with Gasteiger partial charge in [-0.3, -0.25) is 4.98 Å². The van der Waals surface area contributed by atoms with Crippen LogP contribution in [0.25, 0.3) is 17.2 Å². The molecule has 0 amide bonds. The topological polar surface area (TPSA) is 31.4 Å². The number of hydrogen-bond acceptors (Lipinski definition) is 3. The second kappa shape index (κ2) is 7.41. The molecule has 146 valence electrons. The molecule has 3 atom stereocenters. The molecule has 2 heterocycles. The minimum Gasteiger partial charge on any atom is -0.347 e. The van der Waals surface area contributed by atoms with Gasteiger partial charge in [-0.1, -0.05) is 37.1 Å². The standard InChI is InChI=1S/C24H26FNO2/c25-20-6-3-5-17(14-20)19-8-9-21(26-16-19)10-11-23-22-7-2-1-4-18(22)15-24(23)27-12-13-28-24/h3,5-6,8-11,14,16,18,22-23H,1-2,4,7,12-13,15H2/b11-10+/t18-,22-,23-/m0/s1. The van der Waals surface area contributed by atoms with Crippen molar-refractivity contribution >= 4 is 6.08 Å². The van der Waals surface area contributed by atoms with Crippen LogP contribution in [0.1, 0.15) is 37.8 Å². The second-order valence-corrected chi connectivity index (χ2v) is 8.29. The van der Waals surface area contributed by atoms with Crippen LogP contribution in [-0.4, -0.2) is 24.0 Å². The van der Waals surface area contributed by atoms with Crippen LogP contribution in [0.3, 0.4) is 0 Å². The summed E-state index contributed by atoms with van der Waals surface area (Å²) in [5.41, 5.74) is 2.67. The van der Waals surface area contributed by atoms with Crippen molar-refractivity contribution in [3.05, 3.63) is 60.2 Å². The fourth-order valence-electron chi connectivity index (χ4n) is 5.41. The molecule has 1 aromatic heterocycles. The molecule has 3 nitrogen and oxygen atoms in total. The zero-order valence-electron chi connectivity index (χ0n) is 16.0. The lowest BCUT2D eigenvalue weighted by Crippen LogP contribution is -2.35. The van der Waals surface area contributed by atoms with Gasteiger partial charge in [-0.2, -0.15) is 0 Å². The minimum absolute atomic E-state index is 0.230. The Balaban J connectivity index is 1.37. The summed E-state index contributed by atoms with van der Waals surface area (Å²) in [6.07, 6.45) is 12.4. The van der Waals surface area contributed by atoms with Crippen molar-refractivity contribution in [2.45, 2.75) is 37.9 Å². The van der Waals surface area contributed by atoms with E-state index in [1.165, 1.54) is 37.8 Å². The van der Waals surface area contributed by atoms with Gasteiger partial charge in [-0.05, 0) is 54.5 Å². The number of pyridine rings is 1. The third kappa shape index (κ3) is 3.29. The first-order valence-electron chi connectivity index (χ1n) is 10.4. The monoisotopic (exact) mass is 379 g/mol. The molecule has 0 radical (unpaired) electrons. The molecule has 1 aliphatic heterocycles. The van der Waals surface area contributed by atoms with Crippen molar-refractivity contribution in [2.75, 3.05) is 13.2 Å². The third-order valence-electron chi connectivity index (χ3n) is 6.68. The summed E-state index contributed by atoms with van der Waals surface area (Å²) in [6.45, 7) is 1.40. The van der Waals surface area contributed by atoms with Gasteiger partial charge in [0.25, 0.3) is 0 Å². The molecule has 0 unspecified atom stereocenters. The average molecular weight is 379 g/mol. The molecule has 0 N–H and O–H groups in total. The molecular formula is C24H26FNO2. The van der Waals surface area contributed by atoms with Crippen molar-refractivity contribution in [3.8, 4) is 11.1 Å². The lowest BCUT2D eigenvalue weighted by Gasteiger charge is -2.31. The van der Waals surface area contributed by atoms with Crippen molar-refractivity contribution in [1.29, 1.82) is 0 Å². The molecule has 28 heavy (non-hydrogen) atoms. The smallest absolute Gasteiger partial charge is 0.175 e. The van der Waals surface area contributed by atoms with E-state index in [4.69, 9.17) is 9.47 Å². The van der Waals surface area contributed by atoms with E-state index in [2.05, 4.69) is 17.1 Å². The Morgan fingerprint density at radius 2 is 1.89 bits per heavy atom. The number of nitrogens with zero attached hydrogens (tertiary/aromatic N) is 1. The highest BCUT2D eigenvalue weighted by Crippen LogP contribution is 2.54. The van der Waals surface area contributed by atoms with E-state index in [1.807, 2.05) is 24.4 Å². The van der Waals surface area contributed by atoms with Crippen LogP contribution >= 0.6 is 0 Å². The Morgan fingerprint density at radius 1 is 1.04 bits per heavy atom. The maximum atomic E-state index is 13.5. The molecule has 2 aliphatic carbocycles. The van der Waals surface area contributed by atoms with E-state index in [9.17, 15) is 4.39 Å². The normalized spacial score (nSPS) is 28.8. The van der Waals surface area contributed by atoms with Gasteiger partial charge in [-0.15, -0.1) is 0 Å². The Morgan fingerprint density at radius 3 is 2.68 bits per heavy atom. The first-order chi connectivity index (χ1) is 13.7. The van der Waals surface area contributed by atoms with Crippen LogP contribution in [0.4, 0.5) is 4.39 Å². The first kappa shape index (κ1) is 18.0. The molecule has 1 spiro atoms. The predicted molar refractivity (Wildman–Crippen MR) is 107 cm³/mol. The molecule has 3 fully saturated rings. The largest absolute Gasteiger partial charge is 0.347 e. The maximum Gasteiger partial charge on any atom is 0.175 e. The third-order valence-corrected chi connectivity index (χ3v) is 6.68.